The fourth-order valence-corrected chi connectivity index (χ4v) is 12.1. The van der Waals surface area contributed by atoms with Crippen LogP contribution in [0.2, 0.25) is 0 Å². The van der Waals surface area contributed by atoms with Crippen molar-refractivity contribution in [3.63, 3.8) is 0 Å². The van der Waals surface area contributed by atoms with E-state index in [1.165, 1.54) is 10.9 Å². The Morgan fingerprint density at radius 3 is 0.888 bits per heavy atom. The molecule has 0 saturated heterocycles. The first-order valence-electron chi connectivity index (χ1n) is 30.3. The van der Waals surface area contributed by atoms with Gasteiger partial charge in [-0.25, -0.2) is 0 Å². The highest BCUT2D eigenvalue weighted by Crippen LogP contribution is 2.44. The number of para-hydroxylation sites is 7. The number of rotatable bonds is 18. The van der Waals surface area contributed by atoms with Crippen molar-refractivity contribution in [2.45, 2.75) is 13.3 Å². The number of nitrogens with zero attached hydrogens (tertiary/aromatic N) is 6. The highest BCUT2D eigenvalue weighted by atomic mass is 15.2. The molecule has 1 aliphatic rings. The molecule has 0 amide bonds. The first-order valence-corrected chi connectivity index (χ1v) is 30.3. The number of fused-ring (bicyclic) bond motifs is 3. The molecule has 13 aromatic rings. The van der Waals surface area contributed by atoms with Crippen LogP contribution < -0.4 is 29.4 Å². The Balaban J connectivity index is 0.849. The zero-order valence-electron chi connectivity index (χ0n) is 49.5. The Morgan fingerprint density at radius 1 is 0.281 bits per heavy atom. The second-order valence-electron chi connectivity index (χ2n) is 21.9. The summed E-state index contributed by atoms with van der Waals surface area (Å²) in [5.74, 6) is 0. The van der Waals surface area contributed by atoms with Gasteiger partial charge in [-0.05, 0) is 231 Å². The van der Waals surface area contributed by atoms with Crippen molar-refractivity contribution in [2.75, 3.05) is 29.4 Å². The van der Waals surface area contributed by atoms with Crippen LogP contribution in [-0.2, 0) is 6.42 Å². The van der Waals surface area contributed by atoms with Gasteiger partial charge in [0.05, 0.1) is 0 Å². The molecule has 12 aromatic carbocycles. The average Bonchev–Trinajstić information content (AvgIpc) is 2.24. The van der Waals surface area contributed by atoms with E-state index in [1.807, 2.05) is 0 Å². The van der Waals surface area contributed by atoms with Crippen molar-refractivity contribution in [1.82, 2.24) is 4.98 Å². The van der Waals surface area contributed by atoms with E-state index in [-0.39, 0.29) is 0 Å². The van der Waals surface area contributed by atoms with Gasteiger partial charge in [0.15, 0.2) is 0 Å². The minimum Gasteiger partial charge on any atom is -0.355 e. The third-order valence-electron chi connectivity index (χ3n) is 16.3. The molecule has 428 valence electrons. The first-order chi connectivity index (χ1) is 44.1. The van der Waals surface area contributed by atoms with Gasteiger partial charge in [0.2, 0.25) is 0 Å². The Labute approximate surface area is 521 Å². The van der Waals surface area contributed by atoms with Gasteiger partial charge in [-0.15, -0.1) is 0 Å². The Bertz CT molecular complexity index is 4290. The number of benzene rings is 12. The molecule has 1 N–H and O–H groups in total. The van der Waals surface area contributed by atoms with E-state index in [4.69, 9.17) is 0 Å². The summed E-state index contributed by atoms with van der Waals surface area (Å²) < 4.78 is 0. The van der Waals surface area contributed by atoms with Gasteiger partial charge in [0, 0.05) is 119 Å². The molecule has 0 spiro atoms. The smallest absolute Gasteiger partial charge is 0.0469 e. The molecular formula is C82H65N7. The van der Waals surface area contributed by atoms with Gasteiger partial charge in [0.25, 0.3) is 0 Å². The Morgan fingerprint density at radius 2 is 0.551 bits per heavy atom. The van der Waals surface area contributed by atoms with Crippen molar-refractivity contribution < 1.29 is 0 Å². The molecule has 7 heteroatoms. The number of aromatic nitrogens is 1. The van der Waals surface area contributed by atoms with E-state index < -0.39 is 0 Å². The molecule has 14 rings (SSSR count). The molecule has 0 atom stereocenters. The lowest BCUT2D eigenvalue weighted by molar-refractivity contribution is 1.17. The van der Waals surface area contributed by atoms with E-state index in [2.05, 4.69) is 399 Å². The summed E-state index contributed by atoms with van der Waals surface area (Å²) in [4.78, 5) is 17.8. The zero-order chi connectivity index (χ0) is 59.7. The molecule has 1 aliphatic carbocycles. The van der Waals surface area contributed by atoms with Gasteiger partial charge in [-0.1, -0.05) is 140 Å². The van der Waals surface area contributed by atoms with Crippen LogP contribution in [0.3, 0.4) is 0 Å². The number of anilines is 16. The fourth-order valence-electron chi connectivity index (χ4n) is 12.1. The second-order valence-corrected chi connectivity index (χ2v) is 21.9. The molecule has 89 heavy (non-hydrogen) atoms. The molecule has 0 aliphatic heterocycles. The molecule has 1 heterocycles. The van der Waals surface area contributed by atoms with E-state index in [0.29, 0.717) is 6.42 Å². The standard InChI is InChI=1S/C82H65N7/c1-2-60-84(62-24-10-3-11-25-62)63-38-40-75(41-39-63)89(76-52-50-72(51-53-76)87(68-34-20-8-21-35-68)69-36-22-9-23-37-69)78-56-59-82-80(61-78)79-57-54-77(55-58-81(79)83-82)88(73-46-42-70(43-47-73)85(64-26-12-4-13-27-64)65-28-14-5-15-29-65)74-48-44-71(45-49-74)86(66-30-16-6-17-31-66)67-32-18-7-19-33-67/h2-56,58-61,83H,57H2,1H3/b60-2+. The lowest BCUT2D eigenvalue weighted by Crippen LogP contribution is -2.16. The number of nitrogens with one attached hydrogen (secondary N) is 1. The minimum absolute atomic E-state index is 0.692. The normalized spacial score (nSPS) is 11.8. The van der Waals surface area contributed by atoms with E-state index in [9.17, 15) is 0 Å². The third kappa shape index (κ3) is 11.6. The average molecular weight is 1150 g/mol. The van der Waals surface area contributed by atoms with Gasteiger partial charge in [-0.3, -0.25) is 0 Å². The Kier molecular flexibility index (Phi) is 15.7. The van der Waals surface area contributed by atoms with E-state index >= 15 is 0 Å². The van der Waals surface area contributed by atoms with Crippen LogP contribution in [0.5, 0.6) is 0 Å². The Hall–Kier alpha value is -11.8. The fraction of sp³-hybridized carbons (Fsp3) is 0.0244. The van der Waals surface area contributed by atoms with Crippen molar-refractivity contribution in [3.05, 3.63) is 369 Å². The van der Waals surface area contributed by atoms with Crippen LogP contribution in [0, 0.1) is 0 Å². The van der Waals surface area contributed by atoms with Gasteiger partial charge < -0.3 is 34.4 Å². The summed E-state index contributed by atoms with van der Waals surface area (Å²) >= 11 is 0. The van der Waals surface area contributed by atoms with Crippen molar-refractivity contribution in [3.8, 4) is 0 Å². The quantitative estimate of drug-likeness (QED) is 0.0922. The monoisotopic (exact) mass is 1150 g/mol. The highest BCUT2D eigenvalue weighted by Gasteiger charge is 2.23. The molecular weight excluding hydrogens is 1080 g/mol. The maximum atomic E-state index is 3.86. The summed E-state index contributed by atoms with van der Waals surface area (Å²) in [5.41, 5.74) is 21.6. The zero-order valence-corrected chi connectivity index (χ0v) is 49.5. The number of allylic oxidation sites excluding steroid dienone is 3. The van der Waals surface area contributed by atoms with Crippen LogP contribution in [-0.4, -0.2) is 4.98 Å². The van der Waals surface area contributed by atoms with Crippen molar-refractivity contribution in [1.29, 1.82) is 0 Å². The maximum absolute atomic E-state index is 3.86. The lowest BCUT2D eigenvalue weighted by atomic mass is 10.1. The van der Waals surface area contributed by atoms with Crippen LogP contribution >= 0.6 is 0 Å². The van der Waals surface area contributed by atoms with Crippen molar-refractivity contribution >= 4 is 108 Å². The van der Waals surface area contributed by atoms with E-state index in [0.717, 1.165) is 108 Å². The van der Waals surface area contributed by atoms with Crippen LogP contribution in [0.15, 0.2) is 358 Å². The topological polar surface area (TPSA) is 35.2 Å². The largest absolute Gasteiger partial charge is 0.355 e. The number of H-pyrrole nitrogens is 1. The van der Waals surface area contributed by atoms with Crippen LogP contribution in [0.1, 0.15) is 18.2 Å². The predicted molar refractivity (Wildman–Crippen MR) is 376 cm³/mol. The SMILES string of the molecule is C/C=C/N(c1ccccc1)c1ccc(N(c2ccc(N(c3ccccc3)c3ccccc3)cc2)c2ccc3[nH]c4c(c3c2)CC=C(N(c2ccc(N(c3ccccc3)c3ccccc3)cc2)c2ccc(N(c3ccccc3)c3ccccc3)cc2)C=C4)cc1. The van der Waals surface area contributed by atoms with Crippen molar-refractivity contribution in [2.24, 2.45) is 0 Å². The molecule has 1 aromatic heterocycles. The lowest BCUT2D eigenvalue weighted by Gasteiger charge is -2.30. The number of aromatic amines is 1. The summed E-state index contributed by atoms with van der Waals surface area (Å²) in [6.45, 7) is 2.06. The molecule has 0 saturated carbocycles. The number of hydrogen-bond acceptors (Lipinski definition) is 6. The van der Waals surface area contributed by atoms with Crippen LogP contribution in [0.25, 0.3) is 17.0 Å². The predicted octanol–water partition coefficient (Wildman–Crippen LogP) is 23.0. The number of hydrogen-bond donors (Lipinski definition) is 1. The third-order valence-corrected chi connectivity index (χ3v) is 16.3. The summed E-state index contributed by atoms with van der Waals surface area (Å²) in [6, 6.07) is 117. The van der Waals surface area contributed by atoms with Crippen LogP contribution in [0.4, 0.5) is 91.0 Å². The highest BCUT2D eigenvalue weighted by molar-refractivity contribution is 5.94. The first kappa shape index (κ1) is 55.1. The molecule has 0 unspecified atom stereocenters. The summed E-state index contributed by atoms with van der Waals surface area (Å²) in [5, 5.41) is 1.17. The molecule has 0 fully saturated rings. The molecule has 0 radical (unpaired) electrons. The molecule has 7 nitrogen and oxygen atoms in total. The summed E-state index contributed by atoms with van der Waals surface area (Å²) in [7, 11) is 0. The van der Waals surface area contributed by atoms with Gasteiger partial charge >= 0.3 is 0 Å². The maximum Gasteiger partial charge on any atom is 0.0469 e. The molecule has 0 bridgehead atoms. The van der Waals surface area contributed by atoms with Gasteiger partial charge in [0.1, 0.15) is 0 Å². The minimum atomic E-state index is 0.692. The summed E-state index contributed by atoms with van der Waals surface area (Å²) in [6.07, 6.45) is 11.8. The van der Waals surface area contributed by atoms with Gasteiger partial charge in [-0.2, -0.15) is 0 Å². The second kappa shape index (κ2) is 25.4. The van der Waals surface area contributed by atoms with E-state index in [1.54, 1.807) is 0 Å².